The molecule has 0 N–H and O–H groups in total. The molecule has 0 radical (unpaired) electrons. The van der Waals surface area contributed by atoms with Crippen LogP contribution in [-0.4, -0.2) is 87.3 Å². The standard InChI is InChI=1S/C16H24ClN5O3S2/c1-20(2)4-5-22(27(3,23)24)11-12-10-13-14(26-12)15(19-16(17)18-13)21-6-8-25-9-7-21/h10H,4-9,11H2,1-3H3. The van der Waals surface area contributed by atoms with E-state index in [2.05, 4.69) is 14.9 Å². The Morgan fingerprint density at radius 1 is 1.26 bits per heavy atom. The highest BCUT2D eigenvalue weighted by Crippen LogP contribution is 2.34. The van der Waals surface area contributed by atoms with E-state index in [1.54, 1.807) is 0 Å². The molecule has 1 saturated heterocycles. The summed E-state index contributed by atoms with van der Waals surface area (Å²) in [5.41, 5.74) is 0.748. The number of sulfonamides is 1. The van der Waals surface area contributed by atoms with E-state index in [-0.39, 0.29) is 5.28 Å². The Morgan fingerprint density at radius 2 is 1.96 bits per heavy atom. The number of morpholine rings is 1. The molecule has 0 aliphatic carbocycles. The summed E-state index contributed by atoms with van der Waals surface area (Å²) in [6.45, 7) is 4.18. The highest BCUT2D eigenvalue weighted by atomic mass is 35.5. The molecule has 0 aromatic carbocycles. The monoisotopic (exact) mass is 433 g/mol. The van der Waals surface area contributed by atoms with Crippen LogP contribution in [0.25, 0.3) is 10.2 Å². The lowest BCUT2D eigenvalue weighted by molar-refractivity contribution is 0.122. The zero-order chi connectivity index (χ0) is 19.6. The quantitative estimate of drug-likeness (QED) is 0.612. The first kappa shape index (κ1) is 20.7. The van der Waals surface area contributed by atoms with Crippen LogP contribution in [0.15, 0.2) is 6.07 Å². The molecule has 150 valence electrons. The molecule has 0 amide bonds. The van der Waals surface area contributed by atoms with Crippen LogP contribution < -0.4 is 4.90 Å². The molecular formula is C16H24ClN5O3S2. The van der Waals surface area contributed by atoms with Crippen LogP contribution in [0, 0.1) is 0 Å². The number of ether oxygens (including phenoxy) is 1. The van der Waals surface area contributed by atoms with Gasteiger partial charge in [-0.3, -0.25) is 0 Å². The lowest BCUT2D eigenvalue weighted by atomic mass is 10.3. The van der Waals surface area contributed by atoms with Crippen LogP contribution in [0.2, 0.25) is 5.28 Å². The predicted molar refractivity (Wildman–Crippen MR) is 109 cm³/mol. The van der Waals surface area contributed by atoms with Gasteiger partial charge >= 0.3 is 0 Å². The van der Waals surface area contributed by atoms with Crippen molar-refractivity contribution in [3.63, 3.8) is 0 Å². The molecule has 2 aromatic heterocycles. The Morgan fingerprint density at radius 3 is 2.59 bits per heavy atom. The average molecular weight is 434 g/mol. The van der Waals surface area contributed by atoms with Gasteiger partial charge in [-0.15, -0.1) is 11.3 Å². The van der Waals surface area contributed by atoms with Crippen LogP contribution in [-0.2, 0) is 21.3 Å². The highest BCUT2D eigenvalue weighted by molar-refractivity contribution is 7.88. The van der Waals surface area contributed by atoms with Crippen LogP contribution in [0.1, 0.15) is 4.88 Å². The average Bonchev–Trinajstić information content (AvgIpc) is 2.99. The molecule has 0 spiro atoms. The molecule has 3 heterocycles. The molecule has 11 heteroatoms. The first-order chi connectivity index (χ1) is 12.7. The van der Waals surface area contributed by atoms with E-state index in [0.717, 1.165) is 34.0 Å². The minimum atomic E-state index is -3.31. The summed E-state index contributed by atoms with van der Waals surface area (Å²) in [4.78, 5) is 13.8. The van der Waals surface area contributed by atoms with Gasteiger partial charge in [-0.1, -0.05) is 0 Å². The van der Waals surface area contributed by atoms with Gasteiger partial charge < -0.3 is 14.5 Å². The fourth-order valence-corrected chi connectivity index (χ4v) is 5.02. The van der Waals surface area contributed by atoms with Crippen LogP contribution in [0.4, 0.5) is 5.82 Å². The maximum Gasteiger partial charge on any atom is 0.224 e. The normalized spacial score (nSPS) is 16.0. The molecule has 27 heavy (non-hydrogen) atoms. The number of thiophene rings is 1. The van der Waals surface area contributed by atoms with Crippen molar-refractivity contribution < 1.29 is 13.2 Å². The van der Waals surface area contributed by atoms with Gasteiger partial charge in [0.05, 0.1) is 29.7 Å². The molecule has 0 saturated carbocycles. The third-order valence-electron chi connectivity index (χ3n) is 4.29. The fraction of sp³-hybridized carbons (Fsp3) is 0.625. The number of halogens is 1. The number of rotatable bonds is 7. The van der Waals surface area contributed by atoms with E-state index < -0.39 is 10.0 Å². The molecule has 1 aliphatic heterocycles. The smallest absolute Gasteiger partial charge is 0.224 e. The Labute approximate surface area is 168 Å². The van der Waals surface area contributed by atoms with Crippen molar-refractivity contribution in [2.75, 3.05) is 64.6 Å². The Bertz CT molecular complexity index is 897. The van der Waals surface area contributed by atoms with Gasteiger partial charge in [0, 0.05) is 37.6 Å². The zero-order valence-corrected chi connectivity index (χ0v) is 18.1. The van der Waals surface area contributed by atoms with Crippen molar-refractivity contribution >= 4 is 49.0 Å². The maximum absolute atomic E-state index is 12.2. The highest BCUT2D eigenvalue weighted by Gasteiger charge is 2.22. The molecule has 8 nitrogen and oxygen atoms in total. The second-order valence-electron chi connectivity index (χ2n) is 6.74. The van der Waals surface area contributed by atoms with Crippen molar-refractivity contribution in [1.82, 2.24) is 19.2 Å². The summed E-state index contributed by atoms with van der Waals surface area (Å²) in [5, 5.41) is 0.195. The van der Waals surface area contributed by atoms with Crippen LogP contribution in [0.5, 0.6) is 0 Å². The van der Waals surface area contributed by atoms with E-state index >= 15 is 0 Å². The third kappa shape index (κ3) is 5.27. The number of hydrogen-bond donors (Lipinski definition) is 0. The number of anilines is 1. The van der Waals surface area contributed by atoms with E-state index in [4.69, 9.17) is 16.3 Å². The molecule has 1 fully saturated rings. The SMILES string of the molecule is CN(C)CCN(Cc1cc2nc(Cl)nc(N3CCOCC3)c2s1)S(C)(=O)=O. The first-order valence-corrected chi connectivity index (χ1v) is 11.7. The van der Waals surface area contributed by atoms with Gasteiger partial charge in [-0.25, -0.2) is 13.4 Å². The second-order valence-corrected chi connectivity index (χ2v) is 10.2. The Balaban J connectivity index is 1.91. The van der Waals surface area contributed by atoms with Crippen molar-refractivity contribution in [3.05, 3.63) is 16.2 Å². The summed E-state index contributed by atoms with van der Waals surface area (Å²) in [6.07, 6.45) is 1.24. The number of aromatic nitrogens is 2. The minimum Gasteiger partial charge on any atom is -0.378 e. The molecule has 0 bridgehead atoms. The van der Waals surface area contributed by atoms with Crippen molar-refractivity contribution in [2.24, 2.45) is 0 Å². The van der Waals surface area contributed by atoms with E-state index in [0.29, 0.717) is 32.8 Å². The third-order valence-corrected chi connectivity index (χ3v) is 6.81. The lowest BCUT2D eigenvalue weighted by Gasteiger charge is -2.28. The van der Waals surface area contributed by atoms with Crippen LogP contribution in [0.3, 0.4) is 0 Å². The number of fused-ring (bicyclic) bond motifs is 1. The number of nitrogens with zero attached hydrogens (tertiary/aromatic N) is 5. The van der Waals surface area contributed by atoms with Crippen molar-refractivity contribution in [3.8, 4) is 0 Å². The summed E-state index contributed by atoms with van der Waals surface area (Å²) in [7, 11) is 0.535. The minimum absolute atomic E-state index is 0.195. The van der Waals surface area contributed by atoms with Gasteiger partial charge in [0.2, 0.25) is 15.3 Å². The maximum atomic E-state index is 12.2. The van der Waals surface area contributed by atoms with Gasteiger partial charge in [0.1, 0.15) is 0 Å². The molecular weight excluding hydrogens is 410 g/mol. The molecule has 0 unspecified atom stereocenters. The largest absolute Gasteiger partial charge is 0.378 e. The van der Waals surface area contributed by atoms with Crippen molar-refractivity contribution in [2.45, 2.75) is 6.54 Å². The molecule has 3 rings (SSSR count). The first-order valence-electron chi connectivity index (χ1n) is 8.62. The van der Waals surface area contributed by atoms with Gasteiger partial charge in [-0.05, 0) is 31.8 Å². The summed E-state index contributed by atoms with van der Waals surface area (Å²) < 4.78 is 32.2. The Hall–Kier alpha value is -1.04. The van der Waals surface area contributed by atoms with Crippen molar-refractivity contribution in [1.29, 1.82) is 0 Å². The van der Waals surface area contributed by atoms with Gasteiger partial charge in [0.25, 0.3) is 0 Å². The van der Waals surface area contributed by atoms with E-state index in [1.165, 1.54) is 21.9 Å². The molecule has 2 aromatic rings. The Kier molecular flexibility index (Phi) is 6.54. The van der Waals surface area contributed by atoms with E-state index in [1.807, 2.05) is 25.1 Å². The van der Waals surface area contributed by atoms with Gasteiger partial charge in [-0.2, -0.15) is 9.29 Å². The number of likely N-dealkylation sites (N-methyl/N-ethyl adjacent to an activating group) is 1. The summed E-state index contributed by atoms with van der Waals surface area (Å²) in [5.74, 6) is 0.795. The van der Waals surface area contributed by atoms with Crippen LogP contribution >= 0.6 is 22.9 Å². The zero-order valence-electron chi connectivity index (χ0n) is 15.7. The van der Waals surface area contributed by atoms with Gasteiger partial charge in [0.15, 0.2) is 5.82 Å². The topological polar surface area (TPSA) is 78.9 Å². The fourth-order valence-electron chi connectivity index (χ4n) is 2.85. The summed E-state index contributed by atoms with van der Waals surface area (Å²) >= 11 is 7.65. The van der Waals surface area contributed by atoms with E-state index in [9.17, 15) is 8.42 Å². The second kappa shape index (κ2) is 8.54. The molecule has 0 atom stereocenters. The lowest BCUT2D eigenvalue weighted by Crippen LogP contribution is -2.36. The number of hydrogen-bond acceptors (Lipinski definition) is 8. The summed E-state index contributed by atoms with van der Waals surface area (Å²) in [6, 6.07) is 1.91. The molecule has 1 aliphatic rings. The predicted octanol–water partition coefficient (Wildman–Crippen LogP) is 1.50.